The third-order valence-electron chi connectivity index (χ3n) is 4.32. The lowest BCUT2D eigenvalue weighted by Gasteiger charge is -2.37. The van der Waals surface area contributed by atoms with Gasteiger partial charge < -0.3 is 9.67 Å². The van der Waals surface area contributed by atoms with Crippen LogP contribution in [0.5, 0.6) is 0 Å². The van der Waals surface area contributed by atoms with E-state index in [1.807, 2.05) is 6.20 Å². The molecule has 1 aromatic rings. The molecule has 4 nitrogen and oxygen atoms in total. The van der Waals surface area contributed by atoms with E-state index in [-0.39, 0.29) is 17.2 Å². The topological polar surface area (TPSA) is 41.3 Å². The van der Waals surface area contributed by atoms with Crippen LogP contribution in [0, 0.1) is 6.92 Å². The summed E-state index contributed by atoms with van der Waals surface area (Å²) in [6.07, 6.45) is 3.69. The van der Waals surface area contributed by atoms with Crippen molar-refractivity contribution in [2.24, 2.45) is 0 Å². The number of hydrogen-bond donors (Lipinski definition) is 1. The van der Waals surface area contributed by atoms with Crippen molar-refractivity contribution in [1.82, 2.24) is 14.5 Å². The van der Waals surface area contributed by atoms with Gasteiger partial charge in [-0.3, -0.25) is 4.90 Å². The molecule has 0 saturated carbocycles. The molecule has 1 aromatic heterocycles. The fraction of sp³-hybridized carbons (Fsp3) is 0.812. The summed E-state index contributed by atoms with van der Waals surface area (Å²) >= 11 is 0. The van der Waals surface area contributed by atoms with E-state index >= 15 is 0 Å². The maximum atomic E-state index is 9.76. The van der Waals surface area contributed by atoms with Crippen molar-refractivity contribution in [2.75, 3.05) is 13.1 Å². The molecular formula is C16H29N3O. The second kappa shape index (κ2) is 5.15. The zero-order valence-corrected chi connectivity index (χ0v) is 13.8. The molecule has 4 heteroatoms. The molecule has 2 rings (SSSR count). The first-order valence-corrected chi connectivity index (χ1v) is 7.58. The Kier molecular flexibility index (Phi) is 4.00. The van der Waals surface area contributed by atoms with Crippen molar-refractivity contribution >= 4 is 0 Å². The van der Waals surface area contributed by atoms with Gasteiger partial charge in [0.05, 0.1) is 6.10 Å². The lowest BCUT2D eigenvalue weighted by Crippen LogP contribution is -2.45. The third-order valence-corrected chi connectivity index (χ3v) is 4.32. The number of aromatic nitrogens is 2. The summed E-state index contributed by atoms with van der Waals surface area (Å²) < 4.78 is 2.33. The van der Waals surface area contributed by atoms with Gasteiger partial charge in [-0.05, 0) is 48.0 Å². The fourth-order valence-electron chi connectivity index (χ4n) is 3.38. The Morgan fingerprint density at radius 2 is 1.95 bits per heavy atom. The minimum Gasteiger partial charge on any atom is -0.392 e. The first-order chi connectivity index (χ1) is 9.11. The molecule has 1 aliphatic heterocycles. The summed E-state index contributed by atoms with van der Waals surface area (Å²) in [5.41, 5.74) is 1.38. The first-order valence-electron chi connectivity index (χ1n) is 7.58. The van der Waals surface area contributed by atoms with Crippen LogP contribution in [0.25, 0.3) is 0 Å². The number of likely N-dealkylation sites (tertiary alicyclic amines) is 1. The van der Waals surface area contributed by atoms with E-state index in [0.717, 1.165) is 31.8 Å². The first kappa shape index (κ1) is 15.5. The van der Waals surface area contributed by atoms with Gasteiger partial charge in [0.2, 0.25) is 0 Å². The molecule has 0 radical (unpaired) electrons. The lowest BCUT2D eigenvalue weighted by atomic mass is 9.95. The average Bonchev–Trinajstić information content (AvgIpc) is 2.84. The molecule has 1 atom stereocenters. The number of β-amino-alcohol motifs (C(OH)–C–C–N with tert-alkyl or cyclic N) is 1. The van der Waals surface area contributed by atoms with Gasteiger partial charge in [0, 0.05) is 42.5 Å². The predicted octanol–water partition coefficient (Wildman–Crippen LogP) is 2.33. The van der Waals surface area contributed by atoms with Crippen molar-refractivity contribution in [2.45, 2.75) is 71.6 Å². The van der Waals surface area contributed by atoms with Gasteiger partial charge in [-0.2, -0.15) is 0 Å². The van der Waals surface area contributed by atoms with Crippen LogP contribution in [0.2, 0.25) is 0 Å². The molecule has 1 saturated heterocycles. The monoisotopic (exact) mass is 279 g/mol. The molecule has 0 aromatic carbocycles. The van der Waals surface area contributed by atoms with E-state index in [0.29, 0.717) is 0 Å². The highest BCUT2D eigenvalue weighted by Crippen LogP contribution is 2.28. The number of aryl methyl sites for hydroxylation is 1. The highest BCUT2D eigenvalue weighted by Gasteiger charge is 2.34. The van der Waals surface area contributed by atoms with Gasteiger partial charge in [-0.1, -0.05) is 0 Å². The van der Waals surface area contributed by atoms with Crippen molar-refractivity contribution < 1.29 is 5.11 Å². The zero-order valence-electron chi connectivity index (χ0n) is 13.8. The van der Waals surface area contributed by atoms with E-state index in [1.165, 1.54) is 5.69 Å². The number of nitrogens with zero attached hydrogens (tertiary/aromatic N) is 3. The van der Waals surface area contributed by atoms with E-state index in [4.69, 9.17) is 0 Å². The van der Waals surface area contributed by atoms with E-state index in [9.17, 15) is 5.11 Å². The summed E-state index contributed by atoms with van der Waals surface area (Å²) in [5.74, 6) is 1.07. The van der Waals surface area contributed by atoms with E-state index < -0.39 is 0 Å². The number of aliphatic hydroxyl groups excluding tert-OH is 1. The Bertz CT molecular complexity index is 471. The molecule has 0 spiro atoms. The maximum Gasteiger partial charge on any atom is 0.106 e. The lowest BCUT2D eigenvalue weighted by molar-refractivity contribution is 0.116. The standard InChI is InChI=1S/C16H29N3O/c1-12-17-10-13(19(12)15(2,3)4)9-16(5,6)18-8-7-14(20)11-18/h10,14,20H,7-9,11H2,1-6H3/t14-/m1/s1. The molecule has 0 aliphatic carbocycles. The van der Waals surface area contributed by atoms with Gasteiger partial charge in [-0.15, -0.1) is 0 Å². The van der Waals surface area contributed by atoms with Crippen molar-refractivity contribution in [3.63, 3.8) is 0 Å². The number of aliphatic hydroxyl groups is 1. The van der Waals surface area contributed by atoms with Crippen LogP contribution in [-0.4, -0.2) is 44.3 Å². The Balaban J connectivity index is 2.22. The summed E-state index contributed by atoms with van der Waals surface area (Å²) in [6.45, 7) is 15.0. The van der Waals surface area contributed by atoms with Gasteiger partial charge in [0.15, 0.2) is 0 Å². The van der Waals surface area contributed by atoms with Crippen LogP contribution in [0.15, 0.2) is 6.20 Å². The van der Waals surface area contributed by atoms with Crippen molar-refractivity contribution in [3.8, 4) is 0 Å². The summed E-state index contributed by atoms with van der Waals surface area (Å²) in [5, 5.41) is 9.76. The molecule has 1 N–H and O–H groups in total. The molecule has 2 heterocycles. The minimum atomic E-state index is -0.163. The Labute approximate surface area is 122 Å². The van der Waals surface area contributed by atoms with Gasteiger partial charge >= 0.3 is 0 Å². The maximum absolute atomic E-state index is 9.76. The fourth-order valence-corrected chi connectivity index (χ4v) is 3.38. The molecule has 20 heavy (non-hydrogen) atoms. The molecule has 1 aliphatic rings. The number of hydrogen-bond acceptors (Lipinski definition) is 3. The summed E-state index contributed by atoms with van der Waals surface area (Å²) in [6, 6.07) is 0. The molecule has 0 unspecified atom stereocenters. The minimum absolute atomic E-state index is 0.0486. The van der Waals surface area contributed by atoms with Crippen LogP contribution in [-0.2, 0) is 12.0 Å². The summed E-state index contributed by atoms with van der Waals surface area (Å²) in [7, 11) is 0. The van der Waals surface area contributed by atoms with Crippen LogP contribution in [0.4, 0.5) is 0 Å². The predicted molar refractivity (Wildman–Crippen MR) is 81.9 cm³/mol. The Hall–Kier alpha value is -0.870. The van der Waals surface area contributed by atoms with Gasteiger partial charge in [-0.25, -0.2) is 4.98 Å². The van der Waals surface area contributed by atoms with E-state index in [1.54, 1.807) is 0 Å². The molecule has 114 valence electrons. The second-order valence-corrected chi connectivity index (χ2v) is 7.68. The van der Waals surface area contributed by atoms with Crippen molar-refractivity contribution in [3.05, 3.63) is 17.7 Å². The van der Waals surface area contributed by atoms with Crippen LogP contribution in [0.3, 0.4) is 0 Å². The molecule has 0 bridgehead atoms. The highest BCUT2D eigenvalue weighted by molar-refractivity contribution is 5.12. The normalized spacial score (nSPS) is 21.6. The Morgan fingerprint density at radius 3 is 2.45 bits per heavy atom. The molecule has 1 fully saturated rings. The SMILES string of the molecule is Cc1ncc(CC(C)(C)N2CC[C@@H](O)C2)n1C(C)(C)C. The number of imidazole rings is 1. The molecular weight excluding hydrogens is 250 g/mol. The second-order valence-electron chi connectivity index (χ2n) is 7.68. The quantitative estimate of drug-likeness (QED) is 0.923. The van der Waals surface area contributed by atoms with E-state index in [2.05, 4.69) is 56.0 Å². The smallest absolute Gasteiger partial charge is 0.106 e. The largest absolute Gasteiger partial charge is 0.392 e. The average molecular weight is 279 g/mol. The van der Waals surface area contributed by atoms with Crippen LogP contribution >= 0.6 is 0 Å². The zero-order chi connectivity index (χ0) is 15.1. The highest BCUT2D eigenvalue weighted by atomic mass is 16.3. The van der Waals surface area contributed by atoms with Gasteiger partial charge in [0.1, 0.15) is 5.82 Å². The van der Waals surface area contributed by atoms with Crippen LogP contribution < -0.4 is 0 Å². The summed E-state index contributed by atoms with van der Waals surface area (Å²) in [4.78, 5) is 6.90. The van der Waals surface area contributed by atoms with Gasteiger partial charge in [0.25, 0.3) is 0 Å². The van der Waals surface area contributed by atoms with Crippen molar-refractivity contribution in [1.29, 1.82) is 0 Å². The third kappa shape index (κ3) is 3.07. The van der Waals surface area contributed by atoms with Crippen LogP contribution in [0.1, 0.15) is 52.6 Å². The number of rotatable bonds is 3. The Morgan fingerprint density at radius 1 is 1.30 bits per heavy atom. The molecule has 0 amide bonds.